The first-order valence-corrected chi connectivity index (χ1v) is 10.4. The minimum atomic E-state index is -0.999. The fraction of sp³-hybridized carbons (Fsp3) is 0.591. The van der Waals surface area contributed by atoms with Gasteiger partial charge in [0.25, 0.3) is 0 Å². The molecular weight excluding hydrogens is 340 g/mol. The zero-order chi connectivity index (χ0) is 19.1. The smallest absolute Gasteiger partial charge is 0.239 e. The number of carbonyl (C=O) groups is 1. The number of aliphatic hydroxyl groups is 1. The Kier molecular flexibility index (Phi) is 7.30. The molecule has 0 spiro atoms. The van der Waals surface area contributed by atoms with Gasteiger partial charge in [-0.15, -0.1) is 0 Å². The molecule has 0 unspecified atom stereocenters. The zero-order valence-corrected chi connectivity index (χ0v) is 16.3. The number of nitrogens with one attached hydrogen (secondary N) is 2. The minimum absolute atomic E-state index is 0.143. The molecule has 0 bridgehead atoms. The normalized spacial score (nSPS) is 18.1. The van der Waals surface area contributed by atoms with E-state index < -0.39 is 6.23 Å². The molecule has 148 valence electrons. The Hall–Kier alpha value is -1.85. The summed E-state index contributed by atoms with van der Waals surface area (Å²) in [6.45, 7) is 3.09. The third-order valence-electron chi connectivity index (χ3n) is 5.34. The Balaban J connectivity index is 1.54. The summed E-state index contributed by atoms with van der Waals surface area (Å²) in [4.78, 5) is 12.2. The Morgan fingerprint density at radius 2 is 2.07 bits per heavy atom. The average molecular weight is 373 g/mol. The van der Waals surface area contributed by atoms with Crippen molar-refractivity contribution in [2.75, 3.05) is 6.54 Å². The SMILES string of the molecule is CCCCCCCCc1cc2cc([C@H](O)NC(=O)[C@@H]3CCCN3)ccc2o1. The molecule has 0 aliphatic carbocycles. The second-order valence-corrected chi connectivity index (χ2v) is 7.59. The molecule has 1 amide bonds. The molecule has 27 heavy (non-hydrogen) atoms. The number of hydrogen-bond donors (Lipinski definition) is 3. The number of hydrogen-bond acceptors (Lipinski definition) is 4. The highest BCUT2D eigenvalue weighted by atomic mass is 16.3. The molecule has 1 saturated heterocycles. The number of aryl methyl sites for hydroxylation is 1. The van der Waals surface area contributed by atoms with Crippen LogP contribution >= 0.6 is 0 Å². The van der Waals surface area contributed by atoms with Crippen LogP contribution in [0.3, 0.4) is 0 Å². The number of rotatable bonds is 10. The first kappa shape index (κ1) is 19.9. The van der Waals surface area contributed by atoms with Gasteiger partial charge < -0.3 is 20.2 Å². The molecule has 0 radical (unpaired) electrons. The summed E-state index contributed by atoms with van der Waals surface area (Å²) in [5.74, 6) is 0.849. The molecule has 1 fully saturated rings. The second kappa shape index (κ2) is 9.90. The fourth-order valence-electron chi connectivity index (χ4n) is 3.72. The Bertz CT molecular complexity index is 734. The molecule has 0 saturated carbocycles. The molecule has 3 rings (SSSR count). The lowest BCUT2D eigenvalue weighted by Gasteiger charge is -2.16. The summed E-state index contributed by atoms with van der Waals surface area (Å²) in [6, 6.07) is 7.45. The van der Waals surface area contributed by atoms with E-state index in [1.807, 2.05) is 18.2 Å². The van der Waals surface area contributed by atoms with Gasteiger partial charge in [0.05, 0.1) is 6.04 Å². The van der Waals surface area contributed by atoms with Gasteiger partial charge in [-0.1, -0.05) is 45.1 Å². The lowest BCUT2D eigenvalue weighted by atomic mass is 10.1. The van der Waals surface area contributed by atoms with Gasteiger partial charge in [-0.05, 0) is 44.0 Å². The van der Waals surface area contributed by atoms with Crippen LogP contribution in [0.4, 0.5) is 0 Å². The Morgan fingerprint density at radius 3 is 2.85 bits per heavy atom. The fourth-order valence-corrected chi connectivity index (χ4v) is 3.72. The quantitative estimate of drug-likeness (QED) is 0.432. The summed E-state index contributed by atoms with van der Waals surface area (Å²) in [7, 11) is 0. The Labute approximate surface area is 161 Å². The van der Waals surface area contributed by atoms with Crippen LogP contribution < -0.4 is 10.6 Å². The van der Waals surface area contributed by atoms with Crippen molar-refractivity contribution in [1.82, 2.24) is 10.6 Å². The molecule has 5 nitrogen and oxygen atoms in total. The van der Waals surface area contributed by atoms with E-state index in [2.05, 4.69) is 23.6 Å². The summed E-state index contributed by atoms with van der Waals surface area (Å²) < 4.78 is 5.91. The van der Waals surface area contributed by atoms with E-state index >= 15 is 0 Å². The van der Waals surface area contributed by atoms with Crippen LogP contribution in [0.1, 0.15) is 75.8 Å². The molecule has 5 heteroatoms. The standard InChI is InChI=1S/C22H32N2O3/c1-2-3-4-5-6-7-9-18-15-17-14-16(11-12-20(17)27-18)21(25)24-22(26)19-10-8-13-23-19/h11-12,14-15,19,21,23,25H,2-10,13H2,1H3,(H,24,26)/t19-,21-/m0/s1. The maximum atomic E-state index is 12.2. The number of amides is 1. The molecule has 2 heterocycles. The molecule has 1 aromatic carbocycles. The molecule has 1 aliphatic rings. The number of fused-ring (bicyclic) bond motifs is 1. The van der Waals surface area contributed by atoms with Crippen molar-refractivity contribution < 1.29 is 14.3 Å². The molecule has 1 aromatic heterocycles. The monoisotopic (exact) mass is 372 g/mol. The zero-order valence-electron chi connectivity index (χ0n) is 16.3. The van der Waals surface area contributed by atoms with E-state index in [9.17, 15) is 9.90 Å². The number of carbonyl (C=O) groups excluding carboxylic acids is 1. The second-order valence-electron chi connectivity index (χ2n) is 7.59. The predicted octanol–water partition coefficient (Wildman–Crippen LogP) is 4.19. The van der Waals surface area contributed by atoms with Gasteiger partial charge in [-0.25, -0.2) is 0 Å². The highest BCUT2D eigenvalue weighted by Crippen LogP contribution is 2.24. The summed E-state index contributed by atoms with van der Waals surface area (Å²) in [6.07, 6.45) is 9.35. The van der Waals surface area contributed by atoms with Crippen LogP contribution in [-0.4, -0.2) is 23.6 Å². The Morgan fingerprint density at radius 1 is 1.26 bits per heavy atom. The highest BCUT2D eigenvalue weighted by Gasteiger charge is 2.24. The van der Waals surface area contributed by atoms with E-state index in [1.54, 1.807) is 0 Å². The lowest BCUT2D eigenvalue weighted by molar-refractivity contribution is -0.125. The largest absolute Gasteiger partial charge is 0.461 e. The first-order valence-electron chi connectivity index (χ1n) is 10.4. The van der Waals surface area contributed by atoms with Crippen molar-refractivity contribution in [3.05, 3.63) is 35.6 Å². The first-order chi connectivity index (χ1) is 13.2. The predicted molar refractivity (Wildman–Crippen MR) is 107 cm³/mol. The van der Waals surface area contributed by atoms with Gasteiger partial charge in [0.15, 0.2) is 6.23 Å². The van der Waals surface area contributed by atoms with Gasteiger partial charge in [0.1, 0.15) is 11.3 Å². The van der Waals surface area contributed by atoms with Gasteiger partial charge in [-0.2, -0.15) is 0 Å². The van der Waals surface area contributed by atoms with Crippen molar-refractivity contribution in [1.29, 1.82) is 0 Å². The molecule has 2 aromatic rings. The molecule has 1 aliphatic heterocycles. The van der Waals surface area contributed by atoms with Crippen LogP contribution in [0.15, 0.2) is 28.7 Å². The van der Waals surface area contributed by atoms with E-state index in [0.717, 1.165) is 49.0 Å². The van der Waals surface area contributed by atoms with E-state index in [0.29, 0.717) is 5.56 Å². The van der Waals surface area contributed by atoms with Crippen molar-refractivity contribution >= 4 is 16.9 Å². The maximum Gasteiger partial charge on any atom is 0.239 e. The topological polar surface area (TPSA) is 74.5 Å². The third-order valence-corrected chi connectivity index (χ3v) is 5.34. The van der Waals surface area contributed by atoms with Crippen LogP contribution in [0.5, 0.6) is 0 Å². The number of unbranched alkanes of at least 4 members (excludes halogenated alkanes) is 5. The minimum Gasteiger partial charge on any atom is -0.461 e. The maximum absolute atomic E-state index is 12.2. The van der Waals surface area contributed by atoms with Crippen LogP contribution in [0, 0.1) is 0 Å². The summed E-state index contributed by atoms with van der Waals surface area (Å²) in [5, 5.41) is 17.2. The van der Waals surface area contributed by atoms with Gasteiger partial charge in [0.2, 0.25) is 5.91 Å². The van der Waals surface area contributed by atoms with Crippen LogP contribution in [0.25, 0.3) is 11.0 Å². The van der Waals surface area contributed by atoms with E-state index in [1.165, 1.54) is 32.1 Å². The number of aliphatic hydroxyl groups excluding tert-OH is 1. The number of furan rings is 1. The molecule has 3 N–H and O–H groups in total. The number of benzene rings is 1. The van der Waals surface area contributed by atoms with Crippen molar-refractivity contribution in [2.45, 2.75) is 77.0 Å². The van der Waals surface area contributed by atoms with E-state index in [-0.39, 0.29) is 11.9 Å². The summed E-state index contributed by atoms with van der Waals surface area (Å²) >= 11 is 0. The van der Waals surface area contributed by atoms with Gasteiger partial charge >= 0.3 is 0 Å². The molecular formula is C22H32N2O3. The van der Waals surface area contributed by atoms with Crippen molar-refractivity contribution in [3.63, 3.8) is 0 Å². The van der Waals surface area contributed by atoms with Gasteiger partial charge in [-0.3, -0.25) is 4.79 Å². The van der Waals surface area contributed by atoms with Gasteiger partial charge in [0, 0.05) is 17.4 Å². The van der Waals surface area contributed by atoms with E-state index in [4.69, 9.17) is 4.42 Å². The molecule has 2 atom stereocenters. The van der Waals surface area contributed by atoms with Crippen molar-refractivity contribution in [3.8, 4) is 0 Å². The van der Waals surface area contributed by atoms with Crippen LogP contribution in [0.2, 0.25) is 0 Å². The summed E-state index contributed by atoms with van der Waals surface area (Å²) in [5.41, 5.74) is 1.51. The highest BCUT2D eigenvalue weighted by molar-refractivity contribution is 5.83. The average Bonchev–Trinajstić information content (AvgIpc) is 3.33. The van der Waals surface area contributed by atoms with Crippen molar-refractivity contribution in [2.24, 2.45) is 0 Å². The third kappa shape index (κ3) is 5.56. The van der Waals surface area contributed by atoms with Crippen LogP contribution in [-0.2, 0) is 11.2 Å². The lowest BCUT2D eigenvalue weighted by Crippen LogP contribution is -2.42.